The number of dihydropyridines is 1. The molecule has 12 heavy (non-hydrogen) atoms. The van der Waals surface area contributed by atoms with E-state index in [9.17, 15) is 9.59 Å². The van der Waals surface area contributed by atoms with Gasteiger partial charge in [-0.2, -0.15) is 0 Å². The largest absolute Gasteiger partial charge is 0.289 e. The fraction of sp³-hybridized carbons (Fsp3) is 0. The number of aliphatic imine (C=N–C) groups is 1. The second-order valence-electron chi connectivity index (χ2n) is 2.47. The molecule has 0 atom stereocenters. The van der Waals surface area contributed by atoms with Crippen LogP contribution in [-0.4, -0.2) is 17.9 Å². The molecule has 2 rings (SSSR count). The lowest BCUT2D eigenvalue weighted by Crippen LogP contribution is -2.15. The minimum Gasteiger partial charge on any atom is -0.289 e. The molecule has 0 aromatic rings. The van der Waals surface area contributed by atoms with E-state index in [-0.39, 0.29) is 11.7 Å². The summed E-state index contributed by atoms with van der Waals surface area (Å²) in [6.45, 7) is 0. The van der Waals surface area contributed by atoms with Crippen LogP contribution in [-0.2, 0) is 9.59 Å². The van der Waals surface area contributed by atoms with Gasteiger partial charge in [0, 0.05) is 11.8 Å². The molecule has 0 saturated carbocycles. The van der Waals surface area contributed by atoms with E-state index in [1.54, 1.807) is 18.2 Å². The van der Waals surface area contributed by atoms with Gasteiger partial charge < -0.3 is 0 Å². The van der Waals surface area contributed by atoms with Gasteiger partial charge in [-0.15, -0.1) is 0 Å². The fourth-order valence-corrected chi connectivity index (χ4v) is 1.15. The summed E-state index contributed by atoms with van der Waals surface area (Å²) in [5.74, 6) is -0.475. The van der Waals surface area contributed by atoms with Crippen molar-refractivity contribution in [2.24, 2.45) is 4.99 Å². The number of nitrogens with zero attached hydrogens (tertiary/aromatic N) is 1. The van der Waals surface area contributed by atoms with Gasteiger partial charge in [0.15, 0.2) is 5.78 Å². The number of fused-ring (bicyclic) bond motifs is 1. The summed E-state index contributed by atoms with van der Waals surface area (Å²) in [6, 6.07) is 0. The average molecular weight is 159 g/mol. The Labute approximate surface area is 68.8 Å². The van der Waals surface area contributed by atoms with Gasteiger partial charge in [0.1, 0.15) is 0 Å². The molecule has 0 bridgehead atoms. The summed E-state index contributed by atoms with van der Waals surface area (Å²) in [7, 11) is 0. The van der Waals surface area contributed by atoms with Crippen molar-refractivity contribution in [2.75, 3.05) is 0 Å². The van der Waals surface area contributed by atoms with Gasteiger partial charge in [-0.25, -0.2) is 4.99 Å². The topological polar surface area (TPSA) is 46.5 Å². The number of rotatable bonds is 0. The molecule has 3 nitrogen and oxygen atoms in total. The third-order valence-electron chi connectivity index (χ3n) is 1.73. The van der Waals surface area contributed by atoms with Gasteiger partial charge in [-0.05, 0) is 18.2 Å². The fourth-order valence-electron chi connectivity index (χ4n) is 1.15. The summed E-state index contributed by atoms with van der Waals surface area (Å²) >= 11 is 0. The SMILES string of the molecule is O=C1C=CC=C2C(=O)N=CC=C12. The summed E-state index contributed by atoms with van der Waals surface area (Å²) in [4.78, 5) is 25.8. The van der Waals surface area contributed by atoms with Gasteiger partial charge >= 0.3 is 0 Å². The van der Waals surface area contributed by atoms with Crippen LogP contribution < -0.4 is 0 Å². The highest BCUT2D eigenvalue weighted by molar-refractivity contribution is 6.22. The molecule has 1 aliphatic carbocycles. The van der Waals surface area contributed by atoms with Crippen molar-refractivity contribution < 1.29 is 9.59 Å². The highest BCUT2D eigenvalue weighted by Crippen LogP contribution is 2.19. The minimum atomic E-state index is -0.342. The standard InChI is InChI=1S/C9H5NO2/c11-8-3-1-2-7-6(8)4-5-10-9(7)12/h1-5H. The van der Waals surface area contributed by atoms with Crippen LogP contribution in [0.3, 0.4) is 0 Å². The van der Waals surface area contributed by atoms with Crippen molar-refractivity contribution in [3.8, 4) is 0 Å². The van der Waals surface area contributed by atoms with Crippen molar-refractivity contribution in [2.45, 2.75) is 0 Å². The van der Waals surface area contributed by atoms with Crippen LogP contribution in [0.2, 0.25) is 0 Å². The first-order valence-corrected chi connectivity index (χ1v) is 3.51. The van der Waals surface area contributed by atoms with Gasteiger partial charge in [-0.1, -0.05) is 6.08 Å². The van der Waals surface area contributed by atoms with Gasteiger partial charge in [0.05, 0.1) is 5.57 Å². The van der Waals surface area contributed by atoms with Crippen LogP contribution in [0.15, 0.2) is 40.4 Å². The van der Waals surface area contributed by atoms with Crippen molar-refractivity contribution in [1.29, 1.82) is 0 Å². The van der Waals surface area contributed by atoms with Gasteiger partial charge in [-0.3, -0.25) is 9.59 Å². The zero-order chi connectivity index (χ0) is 8.55. The quantitative estimate of drug-likeness (QED) is 0.519. The van der Waals surface area contributed by atoms with E-state index in [1.807, 2.05) is 0 Å². The lowest BCUT2D eigenvalue weighted by molar-refractivity contribution is -0.116. The number of ketones is 1. The molecule has 0 spiro atoms. The number of carbonyl (C=O) groups is 2. The van der Waals surface area contributed by atoms with E-state index in [1.165, 1.54) is 12.3 Å². The number of carbonyl (C=O) groups excluding carboxylic acids is 2. The molecular weight excluding hydrogens is 154 g/mol. The maximum atomic E-state index is 11.2. The minimum absolute atomic E-state index is 0.132. The van der Waals surface area contributed by atoms with Crippen molar-refractivity contribution in [3.05, 3.63) is 35.5 Å². The zero-order valence-electron chi connectivity index (χ0n) is 6.15. The molecule has 1 amide bonds. The van der Waals surface area contributed by atoms with Crippen molar-refractivity contribution >= 4 is 17.9 Å². The van der Waals surface area contributed by atoms with E-state index < -0.39 is 0 Å². The number of allylic oxidation sites excluding steroid dienone is 4. The molecule has 58 valence electrons. The lowest BCUT2D eigenvalue weighted by Gasteiger charge is -2.10. The maximum absolute atomic E-state index is 11.2. The second-order valence-corrected chi connectivity index (χ2v) is 2.47. The normalized spacial score (nSPS) is 20.3. The third kappa shape index (κ3) is 0.871. The molecule has 0 aromatic heterocycles. The Bertz CT molecular complexity index is 345. The Balaban J connectivity index is 2.57. The maximum Gasteiger partial charge on any atom is 0.277 e. The predicted octanol–water partition coefficient (Wildman–Crippen LogP) is 0.589. The van der Waals surface area contributed by atoms with Crippen LogP contribution in [0.5, 0.6) is 0 Å². The number of hydrogen-bond acceptors (Lipinski definition) is 2. The Hall–Kier alpha value is -1.77. The lowest BCUT2D eigenvalue weighted by atomic mass is 9.95. The molecule has 0 N–H and O–H groups in total. The molecular formula is C9H5NO2. The molecule has 0 unspecified atom stereocenters. The van der Waals surface area contributed by atoms with Crippen LogP contribution in [0.1, 0.15) is 0 Å². The van der Waals surface area contributed by atoms with Crippen LogP contribution in [0.4, 0.5) is 0 Å². The van der Waals surface area contributed by atoms with E-state index in [0.29, 0.717) is 11.1 Å². The number of amides is 1. The highest BCUT2D eigenvalue weighted by Gasteiger charge is 2.21. The van der Waals surface area contributed by atoms with Gasteiger partial charge in [0.25, 0.3) is 5.91 Å². The third-order valence-corrected chi connectivity index (χ3v) is 1.73. The van der Waals surface area contributed by atoms with Crippen LogP contribution in [0.25, 0.3) is 0 Å². The van der Waals surface area contributed by atoms with E-state index in [4.69, 9.17) is 0 Å². The summed E-state index contributed by atoms with van der Waals surface area (Å²) in [6.07, 6.45) is 7.51. The zero-order valence-corrected chi connectivity index (χ0v) is 6.15. The molecule has 1 heterocycles. The highest BCUT2D eigenvalue weighted by atomic mass is 16.1. The summed E-state index contributed by atoms with van der Waals surface area (Å²) in [5, 5.41) is 0. The molecule has 3 heteroatoms. The molecule has 2 aliphatic rings. The van der Waals surface area contributed by atoms with E-state index in [2.05, 4.69) is 4.99 Å². The smallest absolute Gasteiger partial charge is 0.277 e. The molecule has 0 radical (unpaired) electrons. The van der Waals surface area contributed by atoms with Gasteiger partial charge in [0.2, 0.25) is 0 Å². The van der Waals surface area contributed by atoms with E-state index in [0.717, 1.165) is 0 Å². The first kappa shape index (κ1) is 6.91. The van der Waals surface area contributed by atoms with Crippen molar-refractivity contribution in [1.82, 2.24) is 0 Å². The first-order valence-electron chi connectivity index (χ1n) is 3.51. The van der Waals surface area contributed by atoms with Crippen LogP contribution in [0, 0.1) is 0 Å². The molecule has 1 aliphatic heterocycles. The van der Waals surface area contributed by atoms with E-state index >= 15 is 0 Å². The predicted molar refractivity (Wildman–Crippen MR) is 43.8 cm³/mol. The monoisotopic (exact) mass is 159 g/mol. The second kappa shape index (κ2) is 2.37. The molecule has 0 fully saturated rings. The Morgan fingerprint density at radius 2 is 1.92 bits per heavy atom. The Kier molecular flexibility index (Phi) is 1.37. The summed E-state index contributed by atoms with van der Waals surface area (Å²) < 4.78 is 0. The Morgan fingerprint density at radius 3 is 2.67 bits per heavy atom. The van der Waals surface area contributed by atoms with Crippen molar-refractivity contribution in [3.63, 3.8) is 0 Å². The summed E-state index contributed by atoms with van der Waals surface area (Å²) in [5.41, 5.74) is 0.836. The van der Waals surface area contributed by atoms with Crippen LogP contribution >= 0.6 is 0 Å². The molecule has 0 saturated heterocycles. The Morgan fingerprint density at radius 1 is 1.08 bits per heavy atom. The molecule has 0 aromatic carbocycles. The average Bonchev–Trinajstić information content (AvgIpc) is 2.07. The first-order chi connectivity index (χ1) is 5.79. The number of hydrogen-bond donors (Lipinski definition) is 0.